The Balaban J connectivity index is 4.96. The van der Waals surface area contributed by atoms with Crippen molar-refractivity contribution < 1.29 is 14.7 Å². The molecule has 0 bridgehead atoms. The predicted octanol–water partition coefficient (Wildman–Crippen LogP) is 2.42. The van der Waals surface area contributed by atoms with Gasteiger partial charge >= 0.3 is 5.97 Å². The number of nitriles is 1. The van der Waals surface area contributed by atoms with Crippen LogP contribution in [0.1, 0.15) is 53.4 Å². The second kappa shape index (κ2) is 7.78. The summed E-state index contributed by atoms with van der Waals surface area (Å²) in [5, 5.41) is 18.0. The summed E-state index contributed by atoms with van der Waals surface area (Å²) >= 11 is 0. The van der Waals surface area contributed by atoms with E-state index in [0.717, 1.165) is 0 Å². The van der Waals surface area contributed by atoms with E-state index in [2.05, 4.69) is 0 Å². The van der Waals surface area contributed by atoms with Gasteiger partial charge in [-0.05, 0) is 26.7 Å². The fourth-order valence-electron chi connectivity index (χ4n) is 2.11. The van der Waals surface area contributed by atoms with Crippen LogP contribution in [-0.4, -0.2) is 34.5 Å². The molecule has 0 unspecified atom stereocenters. The maximum atomic E-state index is 12.3. The first kappa shape index (κ1) is 17.4. The van der Waals surface area contributed by atoms with Crippen LogP contribution in [0.15, 0.2) is 0 Å². The SMILES string of the molecule is CCC(CC)(CC(=O)N(CCC#N)C(C)C)C(=O)O. The van der Waals surface area contributed by atoms with Crippen LogP contribution in [0.5, 0.6) is 0 Å². The summed E-state index contributed by atoms with van der Waals surface area (Å²) in [6.45, 7) is 7.68. The minimum Gasteiger partial charge on any atom is -0.481 e. The molecule has 0 aromatic rings. The summed E-state index contributed by atoms with van der Waals surface area (Å²) in [5.41, 5.74) is -0.989. The lowest BCUT2D eigenvalue weighted by Gasteiger charge is -2.32. The number of amides is 1. The Kier molecular flexibility index (Phi) is 7.13. The number of carboxylic acids is 1. The number of hydrogen-bond donors (Lipinski definition) is 1. The number of aliphatic carboxylic acids is 1. The summed E-state index contributed by atoms with van der Waals surface area (Å²) in [7, 11) is 0. The highest BCUT2D eigenvalue weighted by Gasteiger charge is 2.38. The summed E-state index contributed by atoms with van der Waals surface area (Å²) in [6.07, 6.45) is 1.12. The standard InChI is InChI=1S/C14H24N2O3/c1-5-14(6-2,13(18)19)10-12(17)16(11(3)4)9-7-8-15/h11H,5-7,9-10H2,1-4H3,(H,18,19). The maximum absolute atomic E-state index is 12.3. The van der Waals surface area contributed by atoms with Crippen LogP contribution in [0.3, 0.4) is 0 Å². The molecule has 108 valence electrons. The monoisotopic (exact) mass is 268 g/mol. The molecule has 0 fully saturated rings. The summed E-state index contributed by atoms with van der Waals surface area (Å²) in [6, 6.07) is 1.98. The Morgan fingerprint density at radius 2 is 1.84 bits per heavy atom. The van der Waals surface area contributed by atoms with Gasteiger partial charge in [0, 0.05) is 19.0 Å². The van der Waals surface area contributed by atoms with E-state index < -0.39 is 11.4 Å². The van der Waals surface area contributed by atoms with Gasteiger partial charge in [-0.25, -0.2) is 0 Å². The number of carbonyl (C=O) groups excluding carboxylic acids is 1. The van der Waals surface area contributed by atoms with Crippen LogP contribution in [0.2, 0.25) is 0 Å². The predicted molar refractivity (Wildman–Crippen MR) is 72.3 cm³/mol. The van der Waals surface area contributed by atoms with Crippen molar-refractivity contribution in [1.29, 1.82) is 5.26 Å². The van der Waals surface area contributed by atoms with Gasteiger partial charge in [0.25, 0.3) is 0 Å². The van der Waals surface area contributed by atoms with Crippen molar-refractivity contribution in [3.05, 3.63) is 0 Å². The van der Waals surface area contributed by atoms with E-state index in [4.69, 9.17) is 5.26 Å². The lowest BCUT2D eigenvalue weighted by atomic mass is 9.79. The number of carboxylic acid groups (broad SMARTS) is 1. The molecular formula is C14H24N2O3. The van der Waals surface area contributed by atoms with Gasteiger partial charge in [-0.3, -0.25) is 9.59 Å². The average Bonchev–Trinajstić information content (AvgIpc) is 2.35. The van der Waals surface area contributed by atoms with Gasteiger partial charge < -0.3 is 10.0 Å². The van der Waals surface area contributed by atoms with Gasteiger partial charge in [-0.2, -0.15) is 5.26 Å². The molecule has 0 saturated carbocycles. The molecule has 0 spiro atoms. The van der Waals surface area contributed by atoms with Crippen LogP contribution < -0.4 is 0 Å². The van der Waals surface area contributed by atoms with E-state index in [1.807, 2.05) is 19.9 Å². The van der Waals surface area contributed by atoms with Crippen molar-refractivity contribution in [1.82, 2.24) is 4.90 Å². The Morgan fingerprint density at radius 1 is 1.32 bits per heavy atom. The summed E-state index contributed by atoms with van der Waals surface area (Å²) < 4.78 is 0. The zero-order valence-electron chi connectivity index (χ0n) is 12.3. The molecule has 0 atom stereocenters. The Bertz CT molecular complexity index is 354. The molecular weight excluding hydrogens is 244 g/mol. The van der Waals surface area contributed by atoms with E-state index in [-0.39, 0.29) is 24.8 Å². The molecule has 0 saturated heterocycles. The fraction of sp³-hybridized carbons (Fsp3) is 0.786. The van der Waals surface area contributed by atoms with Gasteiger partial charge in [-0.15, -0.1) is 0 Å². The molecule has 0 rings (SSSR count). The van der Waals surface area contributed by atoms with Crippen molar-refractivity contribution in [2.75, 3.05) is 6.54 Å². The van der Waals surface area contributed by atoms with Gasteiger partial charge in [-0.1, -0.05) is 13.8 Å². The first-order valence-corrected chi connectivity index (χ1v) is 6.74. The van der Waals surface area contributed by atoms with E-state index >= 15 is 0 Å². The zero-order valence-corrected chi connectivity index (χ0v) is 12.3. The normalized spacial score (nSPS) is 11.2. The van der Waals surface area contributed by atoms with Crippen LogP contribution in [0.4, 0.5) is 0 Å². The fourth-order valence-corrected chi connectivity index (χ4v) is 2.11. The van der Waals surface area contributed by atoms with Gasteiger partial charge in [0.05, 0.1) is 17.9 Å². The summed E-state index contributed by atoms with van der Waals surface area (Å²) in [4.78, 5) is 25.3. The lowest BCUT2D eigenvalue weighted by molar-refractivity contribution is -0.154. The molecule has 0 radical (unpaired) electrons. The largest absolute Gasteiger partial charge is 0.481 e. The van der Waals surface area contributed by atoms with E-state index in [1.165, 1.54) is 0 Å². The Morgan fingerprint density at radius 3 is 2.16 bits per heavy atom. The minimum atomic E-state index is -0.989. The third-order valence-corrected chi connectivity index (χ3v) is 3.71. The lowest BCUT2D eigenvalue weighted by Crippen LogP contribution is -2.42. The number of rotatable bonds is 8. The topological polar surface area (TPSA) is 81.4 Å². The number of nitrogens with zero attached hydrogens (tertiary/aromatic N) is 2. The molecule has 0 aromatic heterocycles. The highest BCUT2D eigenvalue weighted by atomic mass is 16.4. The molecule has 5 heteroatoms. The molecule has 0 aliphatic rings. The van der Waals surface area contributed by atoms with Crippen LogP contribution in [-0.2, 0) is 9.59 Å². The smallest absolute Gasteiger partial charge is 0.310 e. The molecule has 0 heterocycles. The van der Waals surface area contributed by atoms with Crippen molar-refractivity contribution in [3.8, 4) is 6.07 Å². The molecule has 0 aliphatic carbocycles. The highest BCUT2D eigenvalue weighted by Crippen LogP contribution is 2.32. The Hall–Kier alpha value is -1.57. The minimum absolute atomic E-state index is 0.00105. The second-order valence-corrected chi connectivity index (χ2v) is 5.06. The van der Waals surface area contributed by atoms with Crippen molar-refractivity contribution in [3.63, 3.8) is 0 Å². The molecule has 0 aromatic carbocycles. The van der Waals surface area contributed by atoms with Gasteiger partial charge in [0.1, 0.15) is 0 Å². The van der Waals surface area contributed by atoms with Crippen LogP contribution in [0.25, 0.3) is 0 Å². The van der Waals surface area contributed by atoms with E-state index in [9.17, 15) is 14.7 Å². The number of carbonyl (C=O) groups is 2. The quantitative estimate of drug-likeness (QED) is 0.733. The molecule has 19 heavy (non-hydrogen) atoms. The Labute approximate surface area is 115 Å². The van der Waals surface area contributed by atoms with Crippen LogP contribution >= 0.6 is 0 Å². The highest BCUT2D eigenvalue weighted by molar-refractivity contribution is 5.85. The third-order valence-electron chi connectivity index (χ3n) is 3.71. The third kappa shape index (κ3) is 4.55. The first-order valence-electron chi connectivity index (χ1n) is 6.74. The molecule has 1 amide bonds. The van der Waals surface area contributed by atoms with Crippen molar-refractivity contribution in [2.45, 2.75) is 59.4 Å². The molecule has 1 N–H and O–H groups in total. The second-order valence-electron chi connectivity index (χ2n) is 5.06. The van der Waals surface area contributed by atoms with Crippen LogP contribution in [0, 0.1) is 16.7 Å². The van der Waals surface area contributed by atoms with Crippen molar-refractivity contribution >= 4 is 11.9 Å². The molecule has 0 aliphatic heterocycles. The van der Waals surface area contributed by atoms with E-state index in [1.54, 1.807) is 18.7 Å². The van der Waals surface area contributed by atoms with E-state index in [0.29, 0.717) is 19.4 Å². The van der Waals surface area contributed by atoms with Gasteiger partial charge in [0.15, 0.2) is 0 Å². The average molecular weight is 268 g/mol. The summed E-state index contributed by atoms with van der Waals surface area (Å²) in [5.74, 6) is -1.11. The molecule has 5 nitrogen and oxygen atoms in total. The first-order chi connectivity index (χ1) is 8.84. The number of hydrogen-bond acceptors (Lipinski definition) is 3. The van der Waals surface area contributed by atoms with Crippen molar-refractivity contribution in [2.24, 2.45) is 5.41 Å². The maximum Gasteiger partial charge on any atom is 0.310 e. The zero-order chi connectivity index (χ0) is 15.1. The van der Waals surface area contributed by atoms with Gasteiger partial charge in [0.2, 0.25) is 5.91 Å².